The van der Waals surface area contributed by atoms with E-state index in [4.69, 9.17) is 24.7 Å². The average Bonchev–Trinajstić information content (AvgIpc) is 3.01. The Balaban J connectivity index is 1.97. The first-order valence-electron chi connectivity index (χ1n) is 9.23. The number of nitrogens with two attached hydrogens (primary N) is 1. The normalized spacial score (nSPS) is 10.7. The van der Waals surface area contributed by atoms with E-state index in [1.165, 1.54) is 0 Å². The maximum atomic E-state index is 6.12. The minimum absolute atomic E-state index is 0.475. The molecule has 0 saturated carbocycles. The Kier molecular flexibility index (Phi) is 6.16. The van der Waals surface area contributed by atoms with Crippen LogP contribution in [0.2, 0.25) is 0 Å². The van der Waals surface area contributed by atoms with Gasteiger partial charge in [-0.05, 0) is 23.8 Å². The van der Waals surface area contributed by atoms with Crippen LogP contribution in [0.5, 0.6) is 23.0 Å². The van der Waals surface area contributed by atoms with Gasteiger partial charge in [-0.3, -0.25) is 0 Å². The van der Waals surface area contributed by atoms with Gasteiger partial charge in [0, 0.05) is 31.1 Å². The van der Waals surface area contributed by atoms with E-state index in [9.17, 15) is 0 Å². The molecule has 0 aliphatic heterocycles. The molecule has 0 saturated heterocycles. The van der Waals surface area contributed by atoms with Gasteiger partial charge in [-0.25, -0.2) is 4.98 Å². The third-order valence-corrected chi connectivity index (χ3v) is 5.01. The van der Waals surface area contributed by atoms with Crippen molar-refractivity contribution in [3.63, 3.8) is 0 Å². The van der Waals surface area contributed by atoms with E-state index in [-0.39, 0.29) is 0 Å². The van der Waals surface area contributed by atoms with Crippen LogP contribution in [0.1, 0.15) is 22.5 Å². The van der Waals surface area contributed by atoms with Crippen LogP contribution in [0.3, 0.4) is 0 Å². The fourth-order valence-corrected chi connectivity index (χ4v) is 3.39. The van der Waals surface area contributed by atoms with Crippen molar-refractivity contribution in [2.75, 3.05) is 34.2 Å². The van der Waals surface area contributed by atoms with E-state index in [1.807, 2.05) is 48.0 Å². The van der Waals surface area contributed by atoms with Crippen molar-refractivity contribution in [1.29, 1.82) is 0 Å². The first-order valence-corrected chi connectivity index (χ1v) is 9.23. The fourth-order valence-electron chi connectivity index (χ4n) is 3.39. The number of imidazole rings is 1. The Morgan fingerprint density at radius 2 is 1.52 bits per heavy atom. The number of aromatic nitrogens is 2. The number of nitrogen functional groups attached to an aromatic ring is 1. The first kappa shape index (κ1) is 20.4. The second-order valence-electron chi connectivity index (χ2n) is 6.62. The van der Waals surface area contributed by atoms with E-state index in [0.717, 1.165) is 28.3 Å². The van der Waals surface area contributed by atoms with Crippen molar-refractivity contribution in [3.8, 4) is 23.0 Å². The molecule has 0 aliphatic rings. The molecule has 3 aromatic rings. The number of benzene rings is 2. The molecule has 1 heterocycles. The molecule has 7 nitrogen and oxygen atoms in total. The van der Waals surface area contributed by atoms with Gasteiger partial charge in [0.2, 0.25) is 5.75 Å². The number of hydrogen-bond acceptors (Lipinski definition) is 6. The molecule has 154 valence electrons. The van der Waals surface area contributed by atoms with Gasteiger partial charge in [0.1, 0.15) is 5.75 Å². The highest BCUT2D eigenvalue weighted by Gasteiger charge is 2.20. The minimum atomic E-state index is 0.475. The highest BCUT2D eigenvalue weighted by Crippen LogP contribution is 2.40. The lowest BCUT2D eigenvalue weighted by molar-refractivity contribution is 0.322. The van der Waals surface area contributed by atoms with Crippen molar-refractivity contribution in [2.24, 2.45) is 7.05 Å². The smallest absolute Gasteiger partial charge is 0.203 e. The molecule has 0 atom stereocenters. The van der Waals surface area contributed by atoms with E-state index in [2.05, 4.69) is 4.98 Å². The summed E-state index contributed by atoms with van der Waals surface area (Å²) in [6.45, 7) is 0. The van der Waals surface area contributed by atoms with E-state index >= 15 is 0 Å². The minimum Gasteiger partial charge on any atom is -0.497 e. The summed E-state index contributed by atoms with van der Waals surface area (Å²) in [6, 6.07) is 11.8. The fraction of sp³-hybridized carbons (Fsp3) is 0.318. The lowest BCUT2D eigenvalue weighted by Gasteiger charge is -2.16. The SMILES string of the molecule is COc1ccc(Cc2nc(N)n(C)c2Cc2ccc(OC)c(OC)c2OC)cc1. The Morgan fingerprint density at radius 1 is 0.828 bits per heavy atom. The molecule has 1 aromatic heterocycles. The predicted molar refractivity (Wildman–Crippen MR) is 112 cm³/mol. The van der Waals surface area contributed by atoms with Crippen LogP contribution in [-0.4, -0.2) is 38.0 Å². The molecule has 0 bridgehead atoms. The number of nitrogens with zero attached hydrogens (tertiary/aromatic N) is 2. The molecule has 2 aromatic carbocycles. The molecule has 0 unspecified atom stereocenters. The number of rotatable bonds is 8. The van der Waals surface area contributed by atoms with Crippen LogP contribution >= 0.6 is 0 Å². The van der Waals surface area contributed by atoms with Crippen molar-refractivity contribution in [2.45, 2.75) is 12.8 Å². The molecule has 0 radical (unpaired) electrons. The zero-order valence-corrected chi connectivity index (χ0v) is 17.5. The van der Waals surface area contributed by atoms with Crippen molar-refractivity contribution < 1.29 is 18.9 Å². The molecule has 29 heavy (non-hydrogen) atoms. The summed E-state index contributed by atoms with van der Waals surface area (Å²) in [5, 5.41) is 0. The van der Waals surface area contributed by atoms with Gasteiger partial charge in [0.25, 0.3) is 0 Å². The maximum Gasteiger partial charge on any atom is 0.203 e. The Labute approximate surface area is 171 Å². The lowest BCUT2D eigenvalue weighted by Crippen LogP contribution is -2.06. The molecule has 0 spiro atoms. The number of anilines is 1. The third kappa shape index (κ3) is 4.08. The predicted octanol–water partition coefficient (Wildman–Crippen LogP) is 3.22. The van der Waals surface area contributed by atoms with Crippen LogP contribution in [0.25, 0.3) is 0 Å². The molecule has 2 N–H and O–H groups in total. The second kappa shape index (κ2) is 8.77. The highest BCUT2D eigenvalue weighted by atomic mass is 16.5. The van der Waals surface area contributed by atoms with Crippen LogP contribution in [0.4, 0.5) is 5.95 Å². The number of methoxy groups -OCH3 is 4. The molecule has 7 heteroatoms. The Morgan fingerprint density at radius 3 is 2.10 bits per heavy atom. The zero-order chi connectivity index (χ0) is 21.0. The quantitative estimate of drug-likeness (QED) is 0.629. The second-order valence-corrected chi connectivity index (χ2v) is 6.62. The van der Waals surface area contributed by atoms with Crippen LogP contribution in [0.15, 0.2) is 36.4 Å². The summed E-state index contributed by atoms with van der Waals surface area (Å²) in [4.78, 5) is 4.59. The monoisotopic (exact) mass is 397 g/mol. The van der Waals surface area contributed by atoms with Gasteiger partial charge >= 0.3 is 0 Å². The molecule has 0 aliphatic carbocycles. The van der Waals surface area contributed by atoms with Gasteiger partial charge in [-0.1, -0.05) is 18.2 Å². The Bertz CT molecular complexity index is 981. The average molecular weight is 397 g/mol. The summed E-state index contributed by atoms with van der Waals surface area (Å²) in [5.41, 5.74) is 10.2. The summed E-state index contributed by atoms with van der Waals surface area (Å²) in [5.74, 6) is 3.13. The highest BCUT2D eigenvalue weighted by molar-refractivity contribution is 5.57. The van der Waals surface area contributed by atoms with Gasteiger partial charge in [-0.2, -0.15) is 0 Å². The van der Waals surface area contributed by atoms with Crippen LogP contribution < -0.4 is 24.7 Å². The summed E-state index contributed by atoms with van der Waals surface area (Å²) in [6.07, 6.45) is 1.26. The molecule has 0 amide bonds. The van der Waals surface area contributed by atoms with E-state index in [0.29, 0.717) is 36.0 Å². The molecule has 0 fully saturated rings. The van der Waals surface area contributed by atoms with Crippen molar-refractivity contribution in [1.82, 2.24) is 9.55 Å². The molecule has 3 rings (SSSR count). The van der Waals surface area contributed by atoms with Crippen LogP contribution in [0, 0.1) is 0 Å². The van der Waals surface area contributed by atoms with Gasteiger partial charge in [0.15, 0.2) is 17.4 Å². The van der Waals surface area contributed by atoms with E-state index in [1.54, 1.807) is 28.4 Å². The molecular weight excluding hydrogens is 370 g/mol. The topological polar surface area (TPSA) is 80.8 Å². The van der Waals surface area contributed by atoms with Crippen LogP contribution in [-0.2, 0) is 19.9 Å². The largest absolute Gasteiger partial charge is 0.497 e. The summed E-state index contributed by atoms with van der Waals surface area (Å²) in [7, 11) is 8.40. The molecular formula is C22H27N3O4. The summed E-state index contributed by atoms with van der Waals surface area (Å²) >= 11 is 0. The lowest BCUT2D eigenvalue weighted by atomic mass is 10.0. The number of hydrogen-bond donors (Lipinski definition) is 1. The van der Waals surface area contributed by atoms with E-state index < -0.39 is 0 Å². The Hall–Kier alpha value is -3.35. The first-order chi connectivity index (χ1) is 14.0. The summed E-state index contributed by atoms with van der Waals surface area (Å²) < 4.78 is 23.7. The standard InChI is InChI=1S/C22H27N3O4/c1-25-18(13-15-8-11-19(27-3)21(29-5)20(15)28-4)17(24-22(25)23)12-14-6-9-16(26-2)10-7-14/h6-11H,12-13H2,1-5H3,(H2,23,24). The number of ether oxygens (including phenoxy) is 4. The third-order valence-electron chi connectivity index (χ3n) is 5.01. The van der Waals surface area contributed by atoms with Crippen molar-refractivity contribution >= 4 is 5.95 Å². The van der Waals surface area contributed by atoms with Gasteiger partial charge in [-0.15, -0.1) is 0 Å². The zero-order valence-electron chi connectivity index (χ0n) is 17.5. The van der Waals surface area contributed by atoms with Gasteiger partial charge < -0.3 is 29.2 Å². The van der Waals surface area contributed by atoms with Gasteiger partial charge in [0.05, 0.1) is 34.1 Å². The maximum absolute atomic E-state index is 6.12. The van der Waals surface area contributed by atoms with Crippen molar-refractivity contribution in [3.05, 3.63) is 58.9 Å².